The number of nitro groups is 1. The molecule has 1 fully saturated rings. The second kappa shape index (κ2) is 8.10. The molecule has 1 heterocycles. The van der Waals surface area contributed by atoms with Crippen LogP contribution in [0, 0.1) is 24.0 Å². The van der Waals surface area contributed by atoms with Crippen LogP contribution in [0.3, 0.4) is 0 Å². The molecular weight excluding hydrogens is 328 g/mol. The summed E-state index contributed by atoms with van der Waals surface area (Å²) in [7, 11) is 0. The Labute approximate surface area is 153 Å². The van der Waals surface area contributed by atoms with Gasteiger partial charge in [0.1, 0.15) is 0 Å². The molecular formula is C20H24N4O2. The highest BCUT2D eigenvalue weighted by Gasteiger charge is 2.16. The van der Waals surface area contributed by atoms with E-state index in [1.807, 2.05) is 11.1 Å². The zero-order chi connectivity index (χ0) is 18.5. The van der Waals surface area contributed by atoms with Crippen LogP contribution in [0.4, 0.5) is 5.69 Å². The van der Waals surface area contributed by atoms with E-state index in [9.17, 15) is 10.1 Å². The molecule has 0 N–H and O–H groups in total. The molecule has 0 bridgehead atoms. The summed E-state index contributed by atoms with van der Waals surface area (Å²) in [6.45, 7) is 8.89. The Hall–Kier alpha value is -2.73. The number of non-ortho nitro benzene ring substituents is 1. The van der Waals surface area contributed by atoms with Crippen LogP contribution in [0.5, 0.6) is 0 Å². The first-order valence-electron chi connectivity index (χ1n) is 8.83. The van der Waals surface area contributed by atoms with E-state index in [0.717, 1.165) is 38.3 Å². The maximum absolute atomic E-state index is 10.8. The number of hydrazone groups is 1. The van der Waals surface area contributed by atoms with Crippen LogP contribution in [-0.2, 0) is 6.54 Å². The van der Waals surface area contributed by atoms with Gasteiger partial charge in [0, 0.05) is 50.4 Å². The fourth-order valence-corrected chi connectivity index (χ4v) is 3.14. The van der Waals surface area contributed by atoms with Crippen LogP contribution in [0.25, 0.3) is 0 Å². The number of rotatable bonds is 5. The SMILES string of the molecule is Cc1ccc(CN2CCN(N=Cc3cccc([N+](=O)[O-])c3)CC2)c(C)c1. The molecule has 0 unspecified atom stereocenters. The van der Waals surface area contributed by atoms with Crippen LogP contribution >= 0.6 is 0 Å². The summed E-state index contributed by atoms with van der Waals surface area (Å²) in [4.78, 5) is 12.9. The predicted molar refractivity (Wildman–Crippen MR) is 103 cm³/mol. The molecule has 1 aliphatic rings. The molecule has 1 saturated heterocycles. The number of benzene rings is 2. The van der Waals surface area contributed by atoms with Crippen molar-refractivity contribution in [3.05, 3.63) is 74.8 Å². The van der Waals surface area contributed by atoms with E-state index < -0.39 is 0 Å². The number of hydrogen-bond acceptors (Lipinski definition) is 5. The Morgan fingerprint density at radius 3 is 2.58 bits per heavy atom. The standard InChI is InChI=1S/C20H24N4O2/c1-16-6-7-19(17(2)12-16)15-22-8-10-23(11-9-22)21-14-18-4-3-5-20(13-18)24(25)26/h3-7,12-14H,8-11,15H2,1-2H3. The second-order valence-corrected chi connectivity index (χ2v) is 6.76. The zero-order valence-corrected chi connectivity index (χ0v) is 15.3. The highest BCUT2D eigenvalue weighted by atomic mass is 16.6. The lowest BCUT2D eigenvalue weighted by atomic mass is 10.1. The number of aryl methyl sites for hydroxylation is 2. The van der Waals surface area contributed by atoms with Gasteiger partial charge in [-0.2, -0.15) is 5.10 Å². The molecule has 136 valence electrons. The van der Waals surface area contributed by atoms with Gasteiger partial charge in [-0.1, -0.05) is 35.9 Å². The van der Waals surface area contributed by atoms with E-state index in [1.54, 1.807) is 18.3 Å². The average Bonchev–Trinajstić information content (AvgIpc) is 2.63. The van der Waals surface area contributed by atoms with Gasteiger partial charge in [-0.15, -0.1) is 0 Å². The second-order valence-electron chi connectivity index (χ2n) is 6.76. The van der Waals surface area contributed by atoms with Gasteiger partial charge >= 0.3 is 0 Å². The van der Waals surface area contributed by atoms with Crippen LogP contribution in [-0.4, -0.2) is 47.2 Å². The van der Waals surface area contributed by atoms with Crippen molar-refractivity contribution in [3.8, 4) is 0 Å². The summed E-state index contributed by atoms with van der Waals surface area (Å²) in [5.74, 6) is 0. The monoisotopic (exact) mass is 352 g/mol. The lowest BCUT2D eigenvalue weighted by Gasteiger charge is -2.33. The number of piperazine rings is 1. The third kappa shape index (κ3) is 4.67. The minimum Gasteiger partial charge on any atom is -0.295 e. The Balaban J connectivity index is 1.53. The van der Waals surface area contributed by atoms with Gasteiger partial charge in [-0.25, -0.2) is 0 Å². The van der Waals surface area contributed by atoms with Gasteiger partial charge in [0.15, 0.2) is 0 Å². The van der Waals surface area contributed by atoms with Gasteiger partial charge in [-0.05, 0) is 25.0 Å². The number of nitrogens with zero attached hydrogens (tertiary/aromatic N) is 4. The predicted octanol–water partition coefficient (Wildman–Crippen LogP) is 3.36. The van der Waals surface area contributed by atoms with Crippen molar-refractivity contribution in [2.24, 2.45) is 5.10 Å². The van der Waals surface area contributed by atoms with Crippen molar-refractivity contribution in [2.45, 2.75) is 20.4 Å². The average molecular weight is 352 g/mol. The highest BCUT2D eigenvalue weighted by Crippen LogP contribution is 2.15. The van der Waals surface area contributed by atoms with Gasteiger partial charge < -0.3 is 0 Å². The van der Waals surface area contributed by atoms with Crippen molar-refractivity contribution < 1.29 is 4.92 Å². The molecule has 6 heteroatoms. The molecule has 0 spiro atoms. The van der Waals surface area contributed by atoms with E-state index in [2.05, 4.69) is 42.0 Å². The van der Waals surface area contributed by atoms with Crippen molar-refractivity contribution in [1.82, 2.24) is 9.91 Å². The van der Waals surface area contributed by atoms with Crippen molar-refractivity contribution >= 4 is 11.9 Å². The van der Waals surface area contributed by atoms with Gasteiger partial charge in [0.05, 0.1) is 11.1 Å². The Morgan fingerprint density at radius 2 is 1.88 bits per heavy atom. The van der Waals surface area contributed by atoms with Crippen LogP contribution in [0.1, 0.15) is 22.3 Å². The van der Waals surface area contributed by atoms with E-state index >= 15 is 0 Å². The van der Waals surface area contributed by atoms with E-state index in [0.29, 0.717) is 0 Å². The Bertz CT molecular complexity index is 811. The van der Waals surface area contributed by atoms with Crippen molar-refractivity contribution in [1.29, 1.82) is 0 Å². The highest BCUT2D eigenvalue weighted by molar-refractivity contribution is 5.80. The molecule has 0 amide bonds. The fraction of sp³-hybridized carbons (Fsp3) is 0.350. The maximum atomic E-state index is 10.8. The van der Waals surface area contributed by atoms with Crippen LogP contribution in [0.15, 0.2) is 47.6 Å². The topological polar surface area (TPSA) is 62.0 Å². The molecule has 0 aliphatic carbocycles. The van der Waals surface area contributed by atoms with Gasteiger partial charge in [0.25, 0.3) is 5.69 Å². The van der Waals surface area contributed by atoms with E-state index in [-0.39, 0.29) is 10.6 Å². The minimum absolute atomic E-state index is 0.0900. The first kappa shape index (κ1) is 18.1. The molecule has 0 radical (unpaired) electrons. The third-order valence-corrected chi connectivity index (χ3v) is 4.69. The minimum atomic E-state index is -0.386. The third-order valence-electron chi connectivity index (χ3n) is 4.69. The van der Waals surface area contributed by atoms with Crippen molar-refractivity contribution in [2.75, 3.05) is 26.2 Å². The van der Waals surface area contributed by atoms with Gasteiger partial charge in [0.2, 0.25) is 0 Å². The zero-order valence-electron chi connectivity index (χ0n) is 15.3. The summed E-state index contributed by atoms with van der Waals surface area (Å²) in [5, 5.41) is 17.3. The molecule has 1 aliphatic heterocycles. The molecule has 0 saturated carbocycles. The maximum Gasteiger partial charge on any atom is 0.270 e. The van der Waals surface area contributed by atoms with Gasteiger partial charge in [-0.3, -0.25) is 20.0 Å². The van der Waals surface area contributed by atoms with Crippen molar-refractivity contribution in [3.63, 3.8) is 0 Å². The van der Waals surface area contributed by atoms with E-state index in [4.69, 9.17) is 0 Å². The van der Waals surface area contributed by atoms with Crippen LogP contribution in [0.2, 0.25) is 0 Å². The molecule has 0 atom stereocenters. The molecule has 26 heavy (non-hydrogen) atoms. The molecule has 2 aromatic rings. The molecule has 0 aromatic heterocycles. The molecule has 2 aromatic carbocycles. The fourth-order valence-electron chi connectivity index (χ4n) is 3.14. The normalized spacial score (nSPS) is 15.5. The first-order chi connectivity index (χ1) is 12.5. The smallest absolute Gasteiger partial charge is 0.270 e. The summed E-state index contributed by atoms with van der Waals surface area (Å²) in [6, 6.07) is 13.2. The largest absolute Gasteiger partial charge is 0.295 e. The lowest BCUT2D eigenvalue weighted by molar-refractivity contribution is -0.384. The summed E-state index contributed by atoms with van der Waals surface area (Å²) in [5.41, 5.74) is 4.86. The number of hydrogen-bond donors (Lipinski definition) is 0. The Kier molecular flexibility index (Phi) is 5.63. The summed E-state index contributed by atoms with van der Waals surface area (Å²) >= 11 is 0. The lowest BCUT2D eigenvalue weighted by Crippen LogP contribution is -2.43. The molecule has 6 nitrogen and oxygen atoms in total. The molecule has 3 rings (SSSR count). The van der Waals surface area contributed by atoms with E-state index in [1.165, 1.54) is 22.8 Å². The first-order valence-corrected chi connectivity index (χ1v) is 8.83. The van der Waals surface area contributed by atoms with Crippen LogP contribution < -0.4 is 0 Å². The Morgan fingerprint density at radius 1 is 1.12 bits per heavy atom. The number of nitro benzene ring substituents is 1. The quantitative estimate of drug-likeness (QED) is 0.470. The summed E-state index contributed by atoms with van der Waals surface area (Å²) < 4.78 is 0. The summed E-state index contributed by atoms with van der Waals surface area (Å²) in [6.07, 6.45) is 1.70.